The van der Waals surface area contributed by atoms with Gasteiger partial charge in [-0.3, -0.25) is 0 Å². The lowest BCUT2D eigenvalue weighted by Crippen LogP contribution is -2.24. The quantitative estimate of drug-likeness (QED) is 0.891. The Hall–Kier alpha value is -1.24. The van der Waals surface area contributed by atoms with Crippen molar-refractivity contribution >= 4 is 21.4 Å². The van der Waals surface area contributed by atoms with Crippen molar-refractivity contribution in [2.75, 3.05) is 5.75 Å². The topological polar surface area (TPSA) is 59.1 Å². The third-order valence-electron chi connectivity index (χ3n) is 2.97. The van der Waals surface area contributed by atoms with E-state index in [2.05, 4.69) is 21.8 Å². The van der Waals surface area contributed by atoms with Gasteiger partial charge in [0.25, 0.3) is 0 Å². The summed E-state index contributed by atoms with van der Waals surface area (Å²) < 4.78 is 25.4. The molecule has 20 heavy (non-hydrogen) atoms. The highest BCUT2D eigenvalue weighted by Crippen LogP contribution is 2.21. The van der Waals surface area contributed by atoms with Crippen molar-refractivity contribution in [2.24, 2.45) is 0 Å². The van der Waals surface area contributed by atoms with Crippen LogP contribution in [0.3, 0.4) is 0 Å². The Morgan fingerprint density at radius 3 is 2.60 bits per heavy atom. The molecule has 1 heterocycles. The van der Waals surface area contributed by atoms with Crippen LogP contribution in [0.15, 0.2) is 30.3 Å². The summed E-state index contributed by atoms with van der Waals surface area (Å²) >= 11 is 1.57. The van der Waals surface area contributed by atoms with Crippen molar-refractivity contribution in [3.63, 3.8) is 0 Å². The molecule has 0 aliphatic heterocycles. The van der Waals surface area contributed by atoms with Crippen LogP contribution in [-0.2, 0) is 23.0 Å². The van der Waals surface area contributed by atoms with Gasteiger partial charge in [0.2, 0.25) is 10.0 Å². The fourth-order valence-corrected chi connectivity index (χ4v) is 3.48. The van der Waals surface area contributed by atoms with E-state index in [1.807, 2.05) is 25.1 Å². The van der Waals surface area contributed by atoms with Crippen molar-refractivity contribution in [1.29, 1.82) is 0 Å². The maximum absolute atomic E-state index is 11.4. The molecule has 0 radical (unpaired) electrons. The van der Waals surface area contributed by atoms with Crippen LogP contribution in [-0.4, -0.2) is 19.2 Å². The molecular formula is C14H18N2O2S2. The summed E-state index contributed by atoms with van der Waals surface area (Å²) in [5, 5.41) is 0.811. The normalized spacial score (nSPS) is 11.7. The van der Waals surface area contributed by atoms with Gasteiger partial charge in [0.15, 0.2) is 0 Å². The molecule has 1 N–H and O–H groups in total. The van der Waals surface area contributed by atoms with Crippen LogP contribution in [0.4, 0.5) is 0 Å². The number of benzene rings is 1. The molecule has 0 saturated carbocycles. The van der Waals surface area contributed by atoms with Crippen molar-refractivity contribution in [2.45, 2.75) is 26.8 Å². The molecule has 0 unspecified atom stereocenters. The maximum atomic E-state index is 11.4. The predicted octanol–water partition coefficient (Wildman–Crippen LogP) is 2.48. The third-order valence-corrected chi connectivity index (χ3v) is 5.47. The summed E-state index contributed by atoms with van der Waals surface area (Å²) in [4.78, 5) is 5.62. The zero-order chi connectivity index (χ0) is 14.6. The van der Waals surface area contributed by atoms with Gasteiger partial charge in [0.1, 0.15) is 5.01 Å². The van der Waals surface area contributed by atoms with Gasteiger partial charge in [-0.25, -0.2) is 18.1 Å². The SMILES string of the molecule is CCS(=O)(=O)NCc1nc(C)c(Cc2ccccc2)s1. The molecule has 1 aromatic heterocycles. The molecule has 4 nitrogen and oxygen atoms in total. The van der Waals surface area contributed by atoms with E-state index in [9.17, 15) is 8.42 Å². The standard InChI is InChI=1S/C14H18N2O2S2/c1-3-20(17,18)15-10-14-16-11(2)13(19-14)9-12-7-5-4-6-8-12/h4-8,15H,3,9-10H2,1-2H3. The van der Waals surface area contributed by atoms with Crippen molar-refractivity contribution < 1.29 is 8.42 Å². The zero-order valence-electron chi connectivity index (χ0n) is 11.6. The highest BCUT2D eigenvalue weighted by atomic mass is 32.2. The van der Waals surface area contributed by atoms with E-state index in [1.54, 1.807) is 18.3 Å². The lowest BCUT2D eigenvalue weighted by molar-refractivity contribution is 0.582. The number of sulfonamides is 1. The van der Waals surface area contributed by atoms with Gasteiger partial charge in [0.05, 0.1) is 18.0 Å². The second-order valence-electron chi connectivity index (χ2n) is 4.50. The largest absolute Gasteiger partial charge is 0.245 e. The molecule has 0 atom stereocenters. The Bertz CT molecular complexity index is 664. The van der Waals surface area contributed by atoms with Crippen LogP contribution in [0.25, 0.3) is 0 Å². The molecule has 0 bridgehead atoms. The molecule has 0 amide bonds. The molecule has 0 aliphatic rings. The number of hydrogen-bond acceptors (Lipinski definition) is 4. The molecule has 2 rings (SSSR count). The Morgan fingerprint density at radius 2 is 1.95 bits per heavy atom. The number of nitrogens with zero attached hydrogens (tertiary/aromatic N) is 1. The second-order valence-corrected chi connectivity index (χ2v) is 7.77. The summed E-state index contributed by atoms with van der Waals surface area (Å²) in [5.41, 5.74) is 2.21. The first-order chi connectivity index (χ1) is 9.50. The van der Waals surface area contributed by atoms with E-state index in [1.165, 1.54) is 10.4 Å². The Balaban J connectivity index is 2.06. The number of hydrogen-bond donors (Lipinski definition) is 1. The van der Waals surface area contributed by atoms with Crippen molar-refractivity contribution in [3.8, 4) is 0 Å². The number of aryl methyl sites for hydroxylation is 1. The van der Waals surface area contributed by atoms with Gasteiger partial charge in [-0.2, -0.15) is 0 Å². The minimum Gasteiger partial charge on any atom is -0.245 e. The number of aromatic nitrogens is 1. The van der Waals surface area contributed by atoms with Crippen LogP contribution < -0.4 is 4.72 Å². The predicted molar refractivity (Wildman–Crippen MR) is 82.4 cm³/mol. The first-order valence-corrected chi connectivity index (χ1v) is 8.93. The number of thiazole rings is 1. The van der Waals surface area contributed by atoms with Crippen LogP contribution in [0.2, 0.25) is 0 Å². The fraction of sp³-hybridized carbons (Fsp3) is 0.357. The molecule has 6 heteroatoms. The number of rotatable bonds is 6. The molecule has 0 spiro atoms. The average molecular weight is 310 g/mol. The molecule has 0 fully saturated rings. The summed E-state index contributed by atoms with van der Waals surface area (Å²) in [5.74, 6) is 0.0915. The van der Waals surface area contributed by atoms with Crippen LogP contribution in [0.5, 0.6) is 0 Å². The zero-order valence-corrected chi connectivity index (χ0v) is 13.2. The van der Waals surface area contributed by atoms with Gasteiger partial charge in [-0.1, -0.05) is 30.3 Å². The van der Waals surface area contributed by atoms with E-state index < -0.39 is 10.0 Å². The smallest absolute Gasteiger partial charge is 0.211 e. The van der Waals surface area contributed by atoms with Crippen molar-refractivity contribution in [3.05, 3.63) is 51.5 Å². The van der Waals surface area contributed by atoms with Crippen LogP contribution in [0, 0.1) is 6.92 Å². The molecular weight excluding hydrogens is 292 g/mol. The summed E-state index contributed by atoms with van der Waals surface area (Å²) in [6, 6.07) is 10.2. The minimum absolute atomic E-state index is 0.0915. The minimum atomic E-state index is -3.16. The molecule has 2 aromatic rings. The second kappa shape index (κ2) is 6.47. The molecule has 0 saturated heterocycles. The molecule has 0 aliphatic carbocycles. The number of nitrogens with one attached hydrogen (secondary N) is 1. The maximum Gasteiger partial charge on any atom is 0.211 e. The first-order valence-electron chi connectivity index (χ1n) is 6.46. The third kappa shape index (κ3) is 4.13. The highest BCUT2D eigenvalue weighted by Gasteiger charge is 2.11. The average Bonchev–Trinajstić information content (AvgIpc) is 2.79. The summed E-state index contributed by atoms with van der Waals surface area (Å²) in [6.45, 7) is 3.86. The monoisotopic (exact) mass is 310 g/mol. The van der Waals surface area contributed by atoms with E-state index in [-0.39, 0.29) is 12.3 Å². The Kier molecular flexibility index (Phi) is 4.91. The summed E-state index contributed by atoms with van der Waals surface area (Å²) in [6.07, 6.45) is 0.838. The van der Waals surface area contributed by atoms with E-state index in [4.69, 9.17) is 0 Å². The fourth-order valence-electron chi connectivity index (χ4n) is 1.78. The lowest BCUT2D eigenvalue weighted by Gasteiger charge is -2.00. The summed E-state index contributed by atoms with van der Waals surface area (Å²) in [7, 11) is -3.16. The highest BCUT2D eigenvalue weighted by molar-refractivity contribution is 7.89. The van der Waals surface area contributed by atoms with Gasteiger partial charge in [-0.05, 0) is 19.4 Å². The van der Waals surface area contributed by atoms with Crippen LogP contribution in [0.1, 0.15) is 28.1 Å². The molecule has 1 aromatic carbocycles. The Labute approximate surface area is 123 Å². The van der Waals surface area contributed by atoms with Gasteiger partial charge in [-0.15, -0.1) is 11.3 Å². The van der Waals surface area contributed by atoms with Crippen molar-refractivity contribution in [1.82, 2.24) is 9.71 Å². The lowest BCUT2D eigenvalue weighted by atomic mass is 10.1. The first kappa shape index (κ1) is 15.2. The van der Waals surface area contributed by atoms with Gasteiger partial charge in [0, 0.05) is 11.3 Å². The van der Waals surface area contributed by atoms with Gasteiger partial charge < -0.3 is 0 Å². The van der Waals surface area contributed by atoms with E-state index in [0.29, 0.717) is 0 Å². The van der Waals surface area contributed by atoms with Crippen LogP contribution >= 0.6 is 11.3 Å². The van der Waals surface area contributed by atoms with Gasteiger partial charge >= 0.3 is 0 Å². The van der Waals surface area contributed by atoms with E-state index in [0.717, 1.165) is 17.1 Å². The van der Waals surface area contributed by atoms with E-state index >= 15 is 0 Å². The molecule has 108 valence electrons. The Morgan fingerprint density at radius 1 is 1.25 bits per heavy atom.